The Hall–Kier alpha value is -1.95. The van der Waals surface area contributed by atoms with E-state index < -0.39 is 4.92 Å². The van der Waals surface area contributed by atoms with Crippen molar-refractivity contribution in [3.05, 3.63) is 38.9 Å². The van der Waals surface area contributed by atoms with E-state index >= 15 is 0 Å². The molecule has 7 heteroatoms. The SMILES string of the molecule is O=C(C1CC1)N1CCC(c2cc(Cl)ccc2[N+](=O)[O-])=N1. The molecule has 0 radical (unpaired) electrons. The molecule has 1 fully saturated rings. The van der Waals surface area contributed by atoms with Crippen LogP contribution in [0.3, 0.4) is 0 Å². The van der Waals surface area contributed by atoms with Gasteiger partial charge in [-0.1, -0.05) is 11.6 Å². The summed E-state index contributed by atoms with van der Waals surface area (Å²) in [5, 5.41) is 17.1. The number of nitro groups is 1. The van der Waals surface area contributed by atoms with E-state index in [0.717, 1.165) is 12.8 Å². The number of hydrogen-bond acceptors (Lipinski definition) is 4. The van der Waals surface area contributed by atoms with Crippen molar-refractivity contribution >= 4 is 28.9 Å². The molecule has 0 atom stereocenters. The fourth-order valence-corrected chi connectivity index (χ4v) is 2.42. The second-order valence-corrected chi connectivity index (χ2v) is 5.39. The van der Waals surface area contributed by atoms with Crippen molar-refractivity contribution in [1.82, 2.24) is 5.01 Å². The second kappa shape index (κ2) is 4.86. The van der Waals surface area contributed by atoms with Gasteiger partial charge in [0.1, 0.15) is 0 Å². The van der Waals surface area contributed by atoms with Crippen molar-refractivity contribution in [1.29, 1.82) is 0 Å². The summed E-state index contributed by atoms with van der Waals surface area (Å²) in [6.45, 7) is 0.480. The van der Waals surface area contributed by atoms with Gasteiger partial charge in [0.15, 0.2) is 0 Å². The summed E-state index contributed by atoms with van der Waals surface area (Å²) in [6.07, 6.45) is 2.34. The zero-order valence-corrected chi connectivity index (χ0v) is 11.3. The van der Waals surface area contributed by atoms with Crippen LogP contribution in [0.5, 0.6) is 0 Å². The fraction of sp³-hybridized carbons (Fsp3) is 0.385. The number of nitrogens with zero attached hydrogens (tertiary/aromatic N) is 3. The van der Waals surface area contributed by atoms with Gasteiger partial charge in [-0.2, -0.15) is 5.10 Å². The van der Waals surface area contributed by atoms with Crippen LogP contribution >= 0.6 is 11.6 Å². The Bertz CT molecular complexity index is 625. The van der Waals surface area contributed by atoms with Crippen LogP contribution in [-0.2, 0) is 4.79 Å². The lowest BCUT2D eigenvalue weighted by Crippen LogP contribution is -2.24. The molecule has 0 bridgehead atoms. The van der Waals surface area contributed by atoms with Gasteiger partial charge in [0.25, 0.3) is 5.69 Å². The Morgan fingerprint density at radius 1 is 1.45 bits per heavy atom. The number of nitro benzene ring substituents is 1. The standard InChI is InChI=1S/C13H12ClN3O3/c14-9-3-4-12(17(19)20)10(7-9)11-5-6-16(15-11)13(18)8-1-2-8/h3-4,7-8H,1-2,5-6H2. The van der Waals surface area contributed by atoms with Crippen LogP contribution in [0.25, 0.3) is 0 Å². The smallest absolute Gasteiger partial charge is 0.273 e. The highest BCUT2D eigenvalue weighted by Crippen LogP contribution is 2.33. The minimum atomic E-state index is -0.459. The number of hydrogen-bond donors (Lipinski definition) is 0. The molecular weight excluding hydrogens is 282 g/mol. The average Bonchev–Trinajstić information content (AvgIpc) is 3.14. The van der Waals surface area contributed by atoms with E-state index in [0.29, 0.717) is 29.3 Å². The van der Waals surface area contributed by atoms with Gasteiger partial charge in [0.05, 0.1) is 22.7 Å². The van der Waals surface area contributed by atoms with Gasteiger partial charge in [0, 0.05) is 23.4 Å². The van der Waals surface area contributed by atoms with Gasteiger partial charge in [-0.3, -0.25) is 14.9 Å². The molecule has 1 aliphatic carbocycles. The molecule has 1 aliphatic heterocycles. The van der Waals surface area contributed by atoms with Crippen molar-refractivity contribution in [3.8, 4) is 0 Å². The molecule has 20 heavy (non-hydrogen) atoms. The third kappa shape index (κ3) is 2.38. The zero-order chi connectivity index (χ0) is 14.3. The Morgan fingerprint density at radius 3 is 2.85 bits per heavy atom. The maximum Gasteiger partial charge on any atom is 0.278 e. The van der Waals surface area contributed by atoms with E-state index in [1.54, 1.807) is 0 Å². The molecule has 2 aliphatic rings. The molecule has 3 rings (SSSR count). The third-order valence-electron chi connectivity index (χ3n) is 3.45. The van der Waals surface area contributed by atoms with E-state index in [-0.39, 0.29) is 17.5 Å². The number of benzene rings is 1. The lowest BCUT2D eigenvalue weighted by molar-refractivity contribution is -0.385. The van der Waals surface area contributed by atoms with Crippen molar-refractivity contribution in [2.24, 2.45) is 11.0 Å². The van der Waals surface area contributed by atoms with Gasteiger partial charge in [0.2, 0.25) is 5.91 Å². The number of halogens is 1. The lowest BCUT2D eigenvalue weighted by atomic mass is 10.1. The van der Waals surface area contributed by atoms with Gasteiger partial charge < -0.3 is 0 Å². The molecule has 0 aromatic heterocycles. The summed E-state index contributed by atoms with van der Waals surface area (Å²) in [4.78, 5) is 22.5. The molecule has 0 spiro atoms. The van der Waals surface area contributed by atoms with Crippen molar-refractivity contribution in [2.75, 3.05) is 6.54 Å². The molecule has 0 saturated heterocycles. The van der Waals surface area contributed by atoms with Gasteiger partial charge in [-0.25, -0.2) is 5.01 Å². The minimum absolute atomic E-state index is 0.0182. The first kappa shape index (κ1) is 13.1. The summed E-state index contributed by atoms with van der Waals surface area (Å²) in [6, 6.07) is 4.38. The molecule has 1 heterocycles. The van der Waals surface area contributed by atoms with E-state index in [1.807, 2.05) is 0 Å². The number of amides is 1. The van der Waals surface area contributed by atoms with Gasteiger partial charge >= 0.3 is 0 Å². The van der Waals surface area contributed by atoms with Crippen molar-refractivity contribution in [3.63, 3.8) is 0 Å². The highest BCUT2D eigenvalue weighted by molar-refractivity contribution is 6.31. The van der Waals surface area contributed by atoms with Crippen LogP contribution in [0.4, 0.5) is 5.69 Å². The summed E-state index contributed by atoms with van der Waals surface area (Å²) in [5.41, 5.74) is 0.913. The quantitative estimate of drug-likeness (QED) is 0.635. The van der Waals surface area contributed by atoms with Crippen LogP contribution in [0, 0.1) is 16.0 Å². The molecule has 0 unspecified atom stereocenters. The van der Waals surface area contributed by atoms with Crippen LogP contribution < -0.4 is 0 Å². The van der Waals surface area contributed by atoms with E-state index in [9.17, 15) is 14.9 Å². The third-order valence-corrected chi connectivity index (χ3v) is 3.68. The molecule has 1 saturated carbocycles. The summed E-state index contributed by atoms with van der Waals surface area (Å²) in [7, 11) is 0. The average molecular weight is 294 g/mol. The topological polar surface area (TPSA) is 75.8 Å². The lowest BCUT2D eigenvalue weighted by Gasteiger charge is -2.09. The zero-order valence-electron chi connectivity index (χ0n) is 10.6. The summed E-state index contributed by atoms with van der Waals surface area (Å²) < 4.78 is 0. The number of carbonyl (C=O) groups is 1. The first-order valence-electron chi connectivity index (χ1n) is 6.39. The Labute approximate surface area is 120 Å². The number of rotatable bonds is 3. The second-order valence-electron chi connectivity index (χ2n) is 4.95. The molecule has 6 nitrogen and oxygen atoms in total. The molecule has 1 aromatic rings. The Balaban J connectivity index is 1.93. The maximum absolute atomic E-state index is 11.9. The molecule has 1 amide bonds. The van der Waals surface area contributed by atoms with Crippen LogP contribution in [-0.4, -0.2) is 28.1 Å². The maximum atomic E-state index is 11.9. The van der Waals surface area contributed by atoms with Crippen LogP contribution in [0.1, 0.15) is 24.8 Å². The first-order chi connectivity index (χ1) is 9.56. The molecular formula is C13H12ClN3O3. The fourth-order valence-electron chi connectivity index (χ4n) is 2.25. The Morgan fingerprint density at radius 2 is 2.20 bits per heavy atom. The first-order valence-corrected chi connectivity index (χ1v) is 6.77. The van der Waals surface area contributed by atoms with Crippen molar-refractivity contribution < 1.29 is 9.72 Å². The predicted molar refractivity (Wildman–Crippen MR) is 73.7 cm³/mol. The van der Waals surface area contributed by atoms with Crippen LogP contribution in [0.2, 0.25) is 5.02 Å². The van der Waals surface area contributed by atoms with Gasteiger partial charge in [-0.15, -0.1) is 0 Å². The Kier molecular flexibility index (Phi) is 3.17. The number of hydrazone groups is 1. The summed E-state index contributed by atoms with van der Waals surface area (Å²) in [5.74, 6) is 0.108. The van der Waals surface area contributed by atoms with E-state index in [1.165, 1.54) is 23.2 Å². The molecule has 1 aromatic carbocycles. The normalized spacial score (nSPS) is 18.1. The molecule has 104 valence electrons. The van der Waals surface area contributed by atoms with Crippen LogP contribution in [0.15, 0.2) is 23.3 Å². The van der Waals surface area contributed by atoms with Gasteiger partial charge in [-0.05, 0) is 25.0 Å². The largest absolute Gasteiger partial charge is 0.278 e. The van der Waals surface area contributed by atoms with E-state index in [4.69, 9.17) is 11.6 Å². The minimum Gasteiger partial charge on any atom is -0.273 e. The van der Waals surface area contributed by atoms with E-state index in [2.05, 4.69) is 5.10 Å². The highest BCUT2D eigenvalue weighted by atomic mass is 35.5. The predicted octanol–water partition coefficient (Wildman–Crippen LogP) is 2.59. The monoisotopic (exact) mass is 293 g/mol. The summed E-state index contributed by atoms with van der Waals surface area (Å²) >= 11 is 5.90. The van der Waals surface area contributed by atoms with Crippen molar-refractivity contribution in [2.45, 2.75) is 19.3 Å². The highest BCUT2D eigenvalue weighted by Gasteiger charge is 2.36. The number of carbonyl (C=O) groups excluding carboxylic acids is 1. The molecule has 0 N–H and O–H groups in total.